The minimum atomic E-state index is -0.212. The van der Waals surface area contributed by atoms with Crippen LogP contribution in [0.2, 0.25) is 0 Å². The van der Waals surface area contributed by atoms with Crippen LogP contribution in [0.25, 0.3) is 0 Å². The van der Waals surface area contributed by atoms with Crippen molar-refractivity contribution in [3.05, 3.63) is 42.0 Å². The third-order valence-corrected chi connectivity index (χ3v) is 4.73. The molecule has 1 aromatic heterocycles. The largest absolute Gasteiger partial charge is 0.497 e. The maximum Gasteiger partial charge on any atom is 0.320 e. The number of nitrogens with one attached hydrogen (secondary N) is 3. The fraction of sp³-hybridized carbons (Fsp3) is 0.450. The fourth-order valence-electron chi connectivity index (χ4n) is 3.21. The van der Waals surface area contributed by atoms with Crippen molar-refractivity contribution in [3.8, 4) is 5.75 Å². The van der Waals surface area contributed by atoms with Crippen LogP contribution < -0.4 is 20.7 Å². The fourth-order valence-corrected chi connectivity index (χ4v) is 3.21. The molecule has 7 nitrogen and oxygen atoms in total. The number of ether oxygens (including phenoxy) is 1. The summed E-state index contributed by atoms with van der Waals surface area (Å²) in [7, 11) is 1.66. The molecule has 2 aromatic rings. The van der Waals surface area contributed by atoms with E-state index >= 15 is 0 Å². The summed E-state index contributed by atoms with van der Waals surface area (Å²) in [5.74, 6) is 1.99. The highest BCUT2D eigenvalue weighted by Crippen LogP contribution is 2.17. The first-order chi connectivity index (χ1) is 13.2. The van der Waals surface area contributed by atoms with Gasteiger partial charge in [-0.25, -0.2) is 4.79 Å². The van der Waals surface area contributed by atoms with Crippen molar-refractivity contribution in [1.82, 2.24) is 15.5 Å². The number of methoxy groups -OCH3 is 1. The number of nitrogens with zero attached hydrogens (tertiary/aromatic N) is 2. The smallest absolute Gasteiger partial charge is 0.320 e. The highest BCUT2D eigenvalue weighted by molar-refractivity contribution is 5.88. The van der Waals surface area contributed by atoms with E-state index in [1.807, 2.05) is 30.3 Å². The molecule has 2 amide bonds. The van der Waals surface area contributed by atoms with E-state index in [-0.39, 0.29) is 12.1 Å². The molecule has 27 heavy (non-hydrogen) atoms. The van der Waals surface area contributed by atoms with Crippen LogP contribution in [-0.4, -0.2) is 35.9 Å². The molecule has 0 saturated heterocycles. The van der Waals surface area contributed by atoms with Crippen molar-refractivity contribution in [3.63, 3.8) is 0 Å². The molecule has 0 unspecified atom stereocenters. The molecule has 0 aliphatic heterocycles. The predicted octanol–water partition coefficient (Wildman–Crippen LogP) is 3.59. The summed E-state index contributed by atoms with van der Waals surface area (Å²) in [4.78, 5) is 12.0. The average molecular weight is 369 g/mol. The Bertz CT molecular complexity index is 712. The summed E-state index contributed by atoms with van der Waals surface area (Å²) >= 11 is 0. The van der Waals surface area contributed by atoms with Crippen LogP contribution in [0.1, 0.15) is 37.7 Å². The average Bonchev–Trinajstić information content (AvgIpc) is 2.70. The van der Waals surface area contributed by atoms with Gasteiger partial charge < -0.3 is 15.4 Å². The molecule has 1 aliphatic rings. The number of urea groups is 1. The van der Waals surface area contributed by atoms with Crippen LogP contribution >= 0.6 is 0 Å². The number of carbonyl (C=O) groups is 1. The molecular formula is C20H27N5O2. The van der Waals surface area contributed by atoms with Crippen molar-refractivity contribution in [2.45, 2.75) is 44.6 Å². The van der Waals surface area contributed by atoms with Gasteiger partial charge in [0, 0.05) is 12.6 Å². The lowest BCUT2D eigenvalue weighted by molar-refractivity contribution is 0.244. The lowest BCUT2D eigenvalue weighted by Crippen LogP contribution is -2.39. The second kappa shape index (κ2) is 9.75. The Kier molecular flexibility index (Phi) is 6.84. The molecule has 1 saturated carbocycles. The molecule has 144 valence electrons. The van der Waals surface area contributed by atoms with Crippen LogP contribution in [0.4, 0.5) is 16.4 Å². The zero-order valence-corrected chi connectivity index (χ0v) is 15.7. The van der Waals surface area contributed by atoms with Crippen molar-refractivity contribution < 1.29 is 9.53 Å². The Morgan fingerprint density at radius 3 is 2.41 bits per heavy atom. The monoisotopic (exact) mass is 369 g/mol. The first-order valence-corrected chi connectivity index (χ1v) is 9.51. The SMILES string of the molecule is COc1ccc(CCNc2ccc(NC(=O)NC3CCCCC3)nn2)cc1. The van der Waals surface area contributed by atoms with Gasteiger partial charge in [0.05, 0.1) is 7.11 Å². The Labute approximate surface area is 159 Å². The maximum atomic E-state index is 12.0. The minimum Gasteiger partial charge on any atom is -0.497 e. The van der Waals surface area contributed by atoms with E-state index in [4.69, 9.17) is 4.74 Å². The second-order valence-corrected chi connectivity index (χ2v) is 6.76. The van der Waals surface area contributed by atoms with E-state index < -0.39 is 0 Å². The molecule has 1 fully saturated rings. The zero-order chi connectivity index (χ0) is 18.9. The summed E-state index contributed by atoms with van der Waals surface area (Å²) in [5, 5.41) is 17.2. The summed E-state index contributed by atoms with van der Waals surface area (Å²) in [5.41, 5.74) is 1.22. The minimum absolute atomic E-state index is 0.212. The van der Waals surface area contributed by atoms with Gasteiger partial charge in [-0.3, -0.25) is 5.32 Å². The topological polar surface area (TPSA) is 88.2 Å². The Morgan fingerprint density at radius 1 is 1.04 bits per heavy atom. The van der Waals surface area contributed by atoms with Crippen molar-refractivity contribution in [2.75, 3.05) is 24.3 Å². The van der Waals surface area contributed by atoms with Gasteiger partial charge >= 0.3 is 6.03 Å². The van der Waals surface area contributed by atoms with Gasteiger partial charge in [0.15, 0.2) is 5.82 Å². The molecule has 3 rings (SSSR count). The summed E-state index contributed by atoms with van der Waals surface area (Å²) in [6, 6.07) is 11.6. The predicted molar refractivity (Wildman–Crippen MR) is 106 cm³/mol. The van der Waals surface area contributed by atoms with Gasteiger partial charge in [0.2, 0.25) is 0 Å². The Balaban J connectivity index is 1.40. The lowest BCUT2D eigenvalue weighted by Gasteiger charge is -2.22. The lowest BCUT2D eigenvalue weighted by atomic mass is 9.96. The zero-order valence-electron chi connectivity index (χ0n) is 15.7. The quantitative estimate of drug-likeness (QED) is 0.694. The van der Waals surface area contributed by atoms with Gasteiger partial charge in [-0.1, -0.05) is 31.4 Å². The number of benzene rings is 1. The summed E-state index contributed by atoms with van der Waals surface area (Å²) in [6.45, 7) is 0.746. The van der Waals surface area contributed by atoms with Crippen LogP contribution in [-0.2, 0) is 6.42 Å². The molecule has 0 atom stereocenters. The molecule has 0 radical (unpaired) electrons. The third-order valence-electron chi connectivity index (χ3n) is 4.73. The number of hydrogen-bond acceptors (Lipinski definition) is 5. The molecule has 1 heterocycles. The highest BCUT2D eigenvalue weighted by Gasteiger charge is 2.15. The molecule has 0 bridgehead atoms. The van der Waals surface area contributed by atoms with E-state index in [1.54, 1.807) is 13.2 Å². The standard InChI is InChI=1S/C20H27N5O2/c1-27-17-9-7-15(8-10-17)13-14-21-18-11-12-19(25-24-18)23-20(26)22-16-5-3-2-4-6-16/h7-12,16H,2-6,13-14H2,1H3,(H,21,24)(H2,22,23,25,26). The Morgan fingerprint density at radius 2 is 1.74 bits per heavy atom. The van der Waals surface area contributed by atoms with Crippen LogP contribution in [0, 0.1) is 0 Å². The van der Waals surface area contributed by atoms with E-state index in [2.05, 4.69) is 26.1 Å². The van der Waals surface area contributed by atoms with E-state index in [0.29, 0.717) is 11.6 Å². The maximum absolute atomic E-state index is 12.0. The highest BCUT2D eigenvalue weighted by atomic mass is 16.5. The molecule has 1 aromatic carbocycles. The number of hydrogen-bond donors (Lipinski definition) is 3. The summed E-state index contributed by atoms with van der Waals surface area (Å²) < 4.78 is 5.16. The molecular weight excluding hydrogens is 342 g/mol. The van der Waals surface area contributed by atoms with Crippen LogP contribution in [0.5, 0.6) is 5.75 Å². The van der Waals surface area contributed by atoms with Crippen molar-refractivity contribution in [1.29, 1.82) is 0 Å². The normalized spacial score (nSPS) is 14.4. The number of aromatic nitrogens is 2. The Hall–Kier alpha value is -2.83. The van der Waals surface area contributed by atoms with Crippen LogP contribution in [0.3, 0.4) is 0 Å². The van der Waals surface area contributed by atoms with Gasteiger partial charge in [-0.15, -0.1) is 10.2 Å². The van der Waals surface area contributed by atoms with E-state index in [9.17, 15) is 4.79 Å². The number of carbonyl (C=O) groups excluding carboxylic acids is 1. The number of rotatable bonds is 7. The van der Waals surface area contributed by atoms with E-state index in [1.165, 1.54) is 24.8 Å². The van der Waals surface area contributed by atoms with Gasteiger partial charge in [-0.2, -0.15) is 0 Å². The van der Waals surface area contributed by atoms with E-state index in [0.717, 1.165) is 31.6 Å². The first kappa shape index (κ1) is 18.9. The third kappa shape index (κ3) is 6.13. The van der Waals surface area contributed by atoms with Gasteiger partial charge in [0.1, 0.15) is 11.6 Å². The van der Waals surface area contributed by atoms with Crippen molar-refractivity contribution >= 4 is 17.7 Å². The molecule has 7 heteroatoms. The van der Waals surface area contributed by atoms with Crippen molar-refractivity contribution in [2.24, 2.45) is 0 Å². The summed E-state index contributed by atoms with van der Waals surface area (Å²) in [6.07, 6.45) is 6.60. The van der Waals surface area contributed by atoms with Gasteiger partial charge in [-0.05, 0) is 49.1 Å². The number of anilines is 2. The van der Waals surface area contributed by atoms with Gasteiger partial charge in [0.25, 0.3) is 0 Å². The second-order valence-electron chi connectivity index (χ2n) is 6.76. The molecule has 0 spiro atoms. The first-order valence-electron chi connectivity index (χ1n) is 9.51. The van der Waals surface area contributed by atoms with Crippen LogP contribution in [0.15, 0.2) is 36.4 Å². The molecule has 1 aliphatic carbocycles. The molecule has 3 N–H and O–H groups in total. The number of amides is 2.